The molecular weight excluding hydrogens is 318 g/mol. The Bertz CT molecular complexity index is 717. The number of rotatable bonds is 7. The van der Waals surface area contributed by atoms with E-state index in [2.05, 4.69) is 4.90 Å². The molecule has 0 spiro atoms. The number of fused-ring (bicyclic) bond motifs is 1. The SMILES string of the molecule is O=C(O)c1cccc2c1CCCN2CC(O)COCc1ccccc1. The number of aromatic carboxylic acids is 1. The number of benzene rings is 2. The average Bonchev–Trinajstić information content (AvgIpc) is 2.62. The number of ether oxygens (including phenoxy) is 1. The second kappa shape index (κ2) is 8.14. The number of nitrogens with zero attached hydrogens (tertiary/aromatic N) is 1. The molecule has 25 heavy (non-hydrogen) atoms. The van der Waals surface area contributed by atoms with E-state index in [-0.39, 0.29) is 6.61 Å². The zero-order chi connectivity index (χ0) is 17.6. The van der Waals surface area contributed by atoms with Crippen molar-refractivity contribution < 1.29 is 19.7 Å². The zero-order valence-electron chi connectivity index (χ0n) is 14.1. The van der Waals surface area contributed by atoms with E-state index in [9.17, 15) is 15.0 Å². The van der Waals surface area contributed by atoms with Crippen molar-refractivity contribution in [3.8, 4) is 0 Å². The normalized spacial score (nSPS) is 14.8. The van der Waals surface area contributed by atoms with Crippen LogP contribution >= 0.6 is 0 Å². The summed E-state index contributed by atoms with van der Waals surface area (Å²) in [5.74, 6) is -0.898. The van der Waals surface area contributed by atoms with Gasteiger partial charge in [-0.15, -0.1) is 0 Å². The molecule has 5 nitrogen and oxygen atoms in total. The van der Waals surface area contributed by atoms with Gasteiger partial charge >= 0.3 is 5.97 Å². The largest absolute Gasteiger partial charge is 0.478 e. The number of hydrogen-bond donors (Lipinski definition) is 2. The second-order valence-corrected chi connectivity index (χ2v) is 6.31. The molecule has 3 rings (SSSR count). The smallest absolute Gasteiger partial charge is 0.336 e. The summed E-state index contributed by atoms with van der Waals surface area (Å²) < 4.78 is 5.60. The Morgan fingerprint density at radius 3 is 2.72 bits per heavy atom. The first kappa shape index (κ1) is 17.5. The zero-order valence-corrected chi connectivity index (χ0v) is 14.1. The molecule has 2 aromatic rings. The Morgan fingerprint density at radius 2 is 1.96 bits per heavy atom. The van der Waals surface area contributed by atoms with Crippen LogP contribution in [0.15, 0.2) is 48.5 Å². The van der Waals surface area contributed by atoms with E-state index in [0.29, 0.717) is 18.7 Å². The van der Waals surface area contributed by atoms with E-state index in [4.69, 9.17) is 4.74 Å². The fourth-order valence-corrected chi connectivity index (χ4v) is 3.28. The topological polar surface area (TPSA) is 70.0 Å². The minimum absolute atomic E-state index is 0.249. The molecule has 2 aromatic carbocycles. The van der Waals surface area contributed by atoms with Crippen LogP contribution in [0.3, 0.4) is 0 Å². The molecule has 1 aliphatic heterocycles. The van der Waals surface area contributed by atoms with Gasteiger partial charge in [-0.3, -0.25) is 0 Å². The molecular formula is C20H23NO4. The number of carboxylic acid groups (broad SMARTS) is 1. The molecule has 1 heterocycles. The van der Waals surface area contributed by atoms with Crippen LogP contribution < -0.4 is 4.90 Å². The second-order valence-electron chi connectivity index (χ2n) is 6.31. The third-order valence-electron chi connectivity index (χ3n) is 4.43. The van der Waals surface area contributed by atoms with Gasteiger partial charge in [0.25, 0.3) is 0 Å². The quantitative estimate of drug-likeness (QED) is 0.810. The van der Waals surface area contributed by atoms with Crippen molar-refractivity contribution >= 4 is 11.7 Å². The molecule has 2 N–H and O–H groups in total. The summed E-state index contributed by atoms with van der Waals surface area (Å²) in [5, 5.41) is 19.6. The number of aliphatic hydroxyl groups is 1. The highest BCUT2D eigenvalue weighted by atomic mass is 16.5. The van der Waals surface area contributed by atoms with E-state index in [0.717, 1.165) is 36.2 Å². The summed E-state index contributed by atoms with van der Waals surface area (Å²) in [4.78, 5) is 13.4. The van der Waals surface area contributed by atoms with E-state index < -0.39 is 12.1 Å². The molecule has 5 heteroatoms. The molecule has 0 aromatic heterocycles. The number of carbonyl (C=O) groups is 1. The van der Waals surface area contributed by atoms with Gasteiger partial charge in [0.2, 0.25) is 0 Å². The summed E-state index contributed by atoms with van der Waals surface area (Å²) in [6.45, 7) is 1.97. The van der Waals surface area contributed by atoms with Crippen molar-refractivity contribution in [3.63, 3.8) is 0 Å². The molecule has 1 atom stereocenters. The molecule has 132 valence electrons. The van der Waals surface area contributed by atoms with E-state index in [1.165, 1.54) is 0 Å². The van der Waals surface area contributed by atoms with E-state index >= 15 is 0 Å². The van der Waals surface area contributed by atoms with Crippen molar-refractivity contribution in [1.29, 1.82) is 0 Å². The molecule has 0 saturated heterocycles. The number of aliphatic hydroxyl groups excluding tert-OH is 1. The van der Waals surface area contributed by atoms with Gasteiger partial charge in [0.15, 0.2) is 0 Å². The number of hydrogen-bond acceptors (Lipinski definition) is 4. The van der Waals surface area contributed by atoms with Gasteiger partial charge in [0, 0.05) is 18.8 Å². The van der Waals surface area contributed by atoms with Gasteiger partial charge in [0.05, 0.1) is 24.9 Å². The minimum Gasteiger partial charge on any atom is -0.478 e. The van der Waals surface area contributed by atoms with Gasteiger partial charge in [-0.25, -0.2) is 4.79 Å². The van der Waals surface area contributed by atoms with Crippen LogP contribution in [0.5, 0.6) is 0 Å². The first-order chi connectivity index (χ1) is 12.1. The van der Waals surface area contributed by atoms with Crippen molar-refractivity contribution in [1.82, 2.24) is 0 Å². The van der Waals surface area contributed by atoms with Crippen LogP contribution in [0.2, 0.25) is 0 Å². The maximum absolute atomic E-state index is 11.4. The molecule has 0 amide bonds. The Labute approximate surface area is 147 Å². The third-order valence-corrected chi connectivity index (χ3v) is 4.43. The van der Waals surface area contributed by atoms with Gasteiger partial charge in [0.1, 0.15) is 0 Å². The summed E-state index contributed by atoms with van der Waals surface area (Å²) >= 11 is 0. The lowest BCUT2D eigenvalue weighted by atomic mass is 9.96. The van der Waals surface area contributed by atoms with Crippen LogP contribution in [0.4, 0.5) is 5.69 Å². The Morgan fingerprint density at radius 1 is 1.16 bits per heavy atom. The average molecular weight is 341 g/mol. The van der Waals surface area contributed by atoms with E-state index in [1.807, 2.05) is 36.4 Å². The maximum atomic E-state index is 11.4. The van der Waals surface area contributed by atoms with Crippen molar-refractivity contribution in [2.45, 2.75) is 25.6 Å². The Balaban J connectivity index is 1.58. The summed E-state index contributed by atoms with van der Waals surface area (Å²) in [6, 6.07) is 15.2. The van der Waals surface area contributed by atoms with E-state index in [1.54, 1.807) is 12.1 Å². The molecule has 1 unspecified atom stereocenters. The predicted octanol–water partition coefficient (Wildman–Crippen LogP) is 2.72. The Hall–Kier alpha value is -2.37. The van der Waals surface area contributed by atoms with Crippen molar-refractivity contribution in [2.24, 2.45) is 0 Å². The number of anilines is 1. The maximum Gasteiger partial charge on any atom is 0.336 e. The third kappa shape index (κ3) is 4.38. The van der Waals surface area contributed by atoms with Gasteiger partial charge in [-0.1, -0.05) is 36.4 Å². The monoisotopic (exact) mass is 341 g/mol. The van der Waals surface area contributed by atoms with Crippen LogP contribution in [-0.4, -0.2) is 42.0 Å². The summed E-state index contributed by atoms with van der Waals surface area (Å²) in [5.41, 5.74) is 3.20. The minimum atomic E-state index is -0.898. The van der Waals surface area contributed by atoms with Crippen LogP contribution in [-0.2, 0) is 17.8 Å². The van der Waals surface area contributed by atoms with Crippen molar-refractivity contribution in [2.75, 3.05) is 24.6 Å². The summed E-state index contributed by atoms with van der Waals surface area (Å²) in [6.07, 6.45) is 1.02. The van der Waals surface area contributed by atoms with Crippen LogP contribution in [0.1, 0.15) is 27.9 Å². The predicted molar refractivity (Wildman–Crippen MR) is 96.0 cm³/mol. The molecule has 0 bridgehead atoms. The standard InChI is InChI=1S/C20H23NO4/c22-16(14-25-13-15-6-2-1-3-7-15)12-21-11-5-9-17-18(20(23)24)8-4-10-19(17)21/h1-4,6-8,10,16,22H,5,9,11-14H2,(H,23,24). The van der Waals surface area contributed by atoms with Gasteiger partial charge < -0.3 is 19.8 Å². The molecule has 0 fully saturated rings. The van der Waals surface area contributed by atoms with Crippen LogP contribution in [0.25, 0.3) is 0 Å². The number of carboxylic acids is 1. The lowest BCUT2D eigenvalue weighted by Gasteiger charge is -2.33. The van der Waals surface area contributed by atoms with Crippen molar-refractivity contribution in [3.05, 3.63) is 65.2 Å². The molecule has 0 radical (unpaired) electrons. The van der Waals surface area contributed by atoms with Gasteiger partial charge in [-0.05, 0) is 36.1 Å². The highest BCUT2D eigenvalue weighted by Crippen LogP contribution is 2.30. The molecule has 1 aliphatic rings. The number of β-amino-alcohol motifs (C(OH)–C–C–N with tert-alkyl or cyclic N) is 1. The fraction of sp³-hybridized carbons (Fsp3) is 0.350. The first-order valence-electron chi connectivity index (χ1n) is 8.55. The highest BCUT2D eigenvalue weighted by molar-refractivity contribution is 5.91. The lowest BCUT2D eigenvalue weighted by Crippen LogP contribution is -2.38. The van der Waals surface area contributed by atoms with Crippen LogP contribution in [0, 0.1) is 0 Å². The Kier molecular flexibility index (Phi) is 5.68. The highest BCUT2D eigenvalue weighted by Gasteiger charge is 2.23. The fourth-order valence-electron chi connectivity index (χ4n) is 3.28. The summed E-state index contributed by atoms with van der Waals surface area (Å²) in [7, 11) is 0. The van der Waals surface area contributed by atoms with Gasteiger partial charge in [-0.2, -0.15) is 0 Å². The molecule has 0 aliphatic carbocycles. The lowest BCUT2D eigenvalue weighted by molar-refractivity contribution is 0.0318. The first-order valence-corrected chi connectivity index (χ1v) is 8.55. The molecule has 0 saturated carbocycles.